The third-order valence-electron chi connectivity index (χ3n) is 3.53. The number of carbonyl (C=O) groups excluding carboxylic acids is 2. The minimum atomic E-state index is -0.546. The van der Waals surface area contributed by atoms with Gasteiger partial charge in [0.2, 0.25) is 0 Å². The van der Waals surface area contributed by atoms with Crippen molar-refractivity contribution >= 4 is 22.5 Å². The molecule has 0 saturated carbocycles. The topological polar surface area (TPSA) is 61.8 Å². The first-order valence-electron chi connectivity index (χ1n) is 6.96. The summed E-state index contributed by atoms with van der Waals surface area (Å²) in [5, 5.41) is 0.844. The van der Waals surface area contributed by atoms with Gasteiger partial charge in [0, 0.05) is 17.4 Å². The molecule has 0 unspecified atom stereocenters. The number of carbonyl (C=O) groups is 2. The molecule has 0 aliphatic carbocycles. The predicted molar refractivity (Wildman–Crippen MR) is 82.6 cm³/mol. The Bertz CT molecular complexity index is 754. The molecule has 23 heavy (non-hydrogen) atoms. The third kappa shape index (κ3) is 3.41. The van der Waals surface area contributed by atoms with E-state index in [4.69, 9.17) is 9.47 Å². The van der Waals surface area contributed by atoms with E-state index in [-0.39, 0.29) is 30.1 Å². The standard InChI is InChI=1S/C17H17FO5/c1-21-14-9-11-8-10(13(19)6-7-15(20)22-2)4-5-12(11)16(18)17(14)23-3/h4-5,8-9H,6-7H2,1-3H3. The molecule has 0 atom stereocenters. The summed E-state index contributed by atoms with van der Waals surface area (Å²) in [5.74, 6) is -0.944. The molecule has 5 nitrogen and oxygen atoms in total. The SMILES string of the molecule is COC(=O)CCC(=O)c1ccc2c(F)c(OC)c(OC)cc2c1. The van der Waals surface area contributed by atoms with E-state index >= 15 is 0 Å². The fraction of sp³-hybridized carbons (Fsp3) is 0.294. The number of ether oxygens (including phenoxy) is 3. The minimum absolute atomic E-state index is 0.00760. The fourth-order valence-electron chi connectivity index (χ4n) is 2.30. The first-order valence-corrected chi connectivity index (χ1v) is 6.96. The van der Waals surface area contributed by atoms with Crippen molar-refractivity contribution in [3.63, 3.8) is 0 Å². The summed E-state index contributed by atoms with van der Waals surface area (Å²) in [5.41, 5.74) is 0.396. The molecule has 0 radical (unpaired) electrons. The Morgan fingerprint density at radius 1 is 1.04 bits per heavy atom. The van der Waals surface area contributed by atoms with Crippen molar-refractivity contribution in [2.75, 3.05) is 21.3 Å². The van der Waals surface area contributed by atoms with Crippen LogP contribution in [0.5, 0.6) is 11.5 Å². The fourth-order valence-corrected chi connectivity index (χ4v) is 2.30. The van der Waals surface area contributed by atoms with Crippen molar-refractivity contribution in [1.29, 1.82) is 0 Å². The van der Waals surface area contributed by atoms with E-state index in [9.17, 15) is 14.0 Å². The molecule has 0 amide bonds. The highest BCUT2D eigenvalue weighted by Gasteiger charge is 2.17. The molecule has 0 saturated heterocycles. The number of halogens is 1. The van der Waals surface area contributed by atoms with E-state index in [1.165, 1.54) is 33.5 Å². The molecule has 6 heteroatoms. The lowest BCUT2D eigenvalue weighted by molar-refractivity contribution is -0.140. The van der Waals surface area contributed by atoms with E-state index in [0.717, 1.165) is 0 Å². The zero-order valence-electron chi connectivity index (χ0n) is 13.1. The Morgan fingerprint density at radius 2 is 1.78 bits per heavy atom. The normalized spacial score (nSPS) is 10.4. The molecule has 0 fully saturated rings. The van der Waals surface area contributed by atoms with Crippen LogP contribution in [-0.4, -0.2) is 33.1 Å². The van der Waals surface area contributed by atoms with Crippen molar-refractivity contribution in [2.24, 2.45) is 0 Å². The molecule has 0 spiro atoms. The molecule has 0 N–H and O–H groups in total. The third-order valence-corrected chi connectivity index (χ3v) is 3.53. The molecule has 122 valence electrons. The van der Waals surface area contributed by atoms with Gasteiger partial charge in [0.1, 0.15) is 0 Å². The quantitative estimate of drug-likeness (QED) is 0.604. The number of rotatable bonds is 6. The van der Waals surface area contributed by atoms with Gasteiger partial charge in [0.25, 0.3) is 0 Å². The maximum Gasteiger partial charge on any atom is 0.305 e. The van der Waals surface area contributed by atoms with Crippen molar-refractivity contribution in [1.82, 2.24) is 0 Å². The summed E-state index contributed by atoms with van der Waals surface area (Å²) < 4.78 is 29.0. The Labute approximate surface area is 132 Å². The van der Waals surface area contributed by atoms with Crippen molar-refractivity contribution < 1.29 is 28.2 Å². The second-order valence-corrected chi connectivity index (χ2v) is 4.86. The second-order valence-electron chi connectivity index (χ2n) is 4.86. The van der Waals surface area contributed by atoms with Crippen LogP contribution in [-0.2, 0) is 9.53 Å². The summed E-state index contributed by atoms with van der Waals surface area (Å²) in [6, 6.07) is 6.21. The highest BCUT2D eigenvalue weighted by Crippen LogP contribution is 2.36. The van der Waals surface area contributed by atoms with Gasteiger partial charge in [0.05, 0.1) is 27.8 Å². The number of hydrogen-bond donors (Lipinski definition) is 0. The van der Waals surface area contributed by atoms with Crippen LogP contribution in [0.2, 0.25) is 0 Å². The van der Waals surface area contributed by atoms with Crippen LogP contribution in [0.4, 0.5) is 4.39 Å². The van der Waals surface area contributed by atoms with E-state index in [1.807, 2.05) is 0 Å². The molecular weight excluding hydrogens is 303 g/mol. The van der Waals surface area contributed by atoms with Crippen LogP contribution in [0.1, 0.15) is 23.2 Å². The number of hydrogen-bond acceptors (Lipinski definition) is 5. The lowest BCUT2D eigenvalue weighted by Gasteiger charge is -2.11. The van der Waals surface area contributed by atoms with Gasteiger partial charge in [0.15, 0.2) is 23.1 Å². The molecule has 0 heterocycles. The largest absolute Gasteiger partial charge is 0.493 e. The lowest BCUT2D eigenvalue weighted by Crippen LogP contribution is -2.06. The number of methoxy groups -OCH3 is 3. The van der Waals surface area contributed by atoms with Crippen LogP contribution in [0.15, 0.2) is 24.3 Å². The minimum Gasteiger partial charge on any atom is -0.493 e. The average Bonchev–Trinajstić information content (AvgIpc) is 2.58. The number of ketones is 1. The molecule has 0 aliphatic rings. The zero-order valence-corrected chi connectivity index (χ0v) is 13.1. The van der Waals surface area contributed by atoms with Gasteiger partial charge in [-0.25, -0.2) is 4.39 Å². The van der Waals surface area contributed by atoms with E-state index < -0.39 is 11.8 Å². The van der Waals surface area contributed by atoms with E-state index in [1.54, 1.807) is 12.1 Å². The number of fused-ring (bicyclic) bond motifs is 1. The summed E-state index contributed by atoms with van der Waals surface area (Å²) in [6.07, 6.45) is 0.0433. The number of Topliss-reactive ketones (excluding diaryl/α,β-unsaturated/α-hetero) is 1. The van der Waals surface area contributed by atoms with Crippen LogP contribution in [0.25, 0.3) is 10.8 Å². The summed E-state index contributed by atoms with van der Waals surface area (Å²) in [6.45, 7) is 0. The number of benzene rings is 2. The molecular formula is C17H17FO5. The van der Waals surface area contributed by atoms with Gasteiger partial charge >= 0.3 is 5.97 Å². The maximum absolute atomic E-state index is 14.4. The summed E-state index contributed by atoms with van der Waals surface area (Å²) in [4.78, 5) is 23.2. The Kier molecular flexibility index (Phi) is 5.16. The maximum atomic E-state index is 14.4. The first-order chi connectivity index (χ1) is 11.0. The van der Waals surface area contributed by atoms with E-state index in [2.05, 4.69) is 4.74 Å². The first kappa shape index (κ1) is 16.7. The van der Waals surface area contributed by atoms with Crippen LogP contribution >= 0.6 is 0 Å². The number of esters is 1. The second kappa shape index (κ2) is 7.09. The van der Waals surface area contributed by atoms with Gasteiger partial charge in [-0.2, -0.15) is 0 Å². The molecule has 2 rings (SSSR count). The monoisotopic (exact) mass is 320 g/mol. The average molecular weight is 320 g/mol. The highest BCUT2D eigenvalue weighted by atomic mass is 19.1. The molecule has 0 aromatic heterocycles. The van der Waals surface area contributed by atoms with Gasteiger partial charge in [-0.15, -0.1) is 0 Å². The molecule has 2 aromatic rings. The van der Waals surface area contributed by atoms with E-state index in [0.29, 0.717) is 16.3 Å². The zero-order chi connectivity index (χ0) is 17.0. The molecule has 0 bridgehead atoms. The summed E-state index contributed by atoms with van der Waals surface area (Å²) >= 11 is 0. The Hall–Kier alpha value is -2.63. The van der Waals surface area contributed by atoms with Crippen molar-refractivity contribution in [2.45, 2.75) is 12.8 Å². The molecule has 2 aromatic carbocycles. The highest BCUT2D eigenvalue weighted by molar-refractivity contribution is 6.01. The van der Waals surface area contributed by atoms with Crippen LogP contribution in [0, 0.1) is 5.82 Å². The van der Waals surface area contributed by atoms with Gasteiger partial charge < -0.3 is 14.2 Å². The predicted octanol–water partition coefficient (Wildman–Crippen LogP) is 3.13. The van der Waals surface area contributed by atoms with Crippen molar-refractivity contribution in [3.8, 4) is 11.5 Å². The molecule has 0 aliphatic heterocycles. The van der Waals surface area contributed by atoms with Gasteiger partial charge in [-0.1, -0.05) is 12.1 Å². The smallest absolute Gasteiger partial charge is 0.305 e. The summed E-state index contributed by atoms with van der Waals surface area (Å²) in [7, 11) is 4.04. The van der Waals surface area contributed by atoms with Crippen LogP contribution in [0.3, 0.4) is 0 Å². The van der Waals surface area contributed by atoms with Crippen molar-refractivity contribution in [3.05, 3.63) is 35.6 Å². The van der Waals surface area contributed by atoms with Gasteiger partial charge in [-0.3, -0.25) is 9.59 Å². The van der Waals surface area contributed by atoms with Gasteiger partial charge in [-0.05, 0) is 17.5 Å². The Morgan fingerprint density at radius 3 is 2.39 bits per heavy atom. The Balaban J connectivity index is 2.38. The van der Waals surface area contributed by atoms with Crippen LogP contribution < -0.4 is 9.47 Å². The lowest BCUT2D eigenvalue weighted by atomic mass is 10.0.